The Bertz CT molecular complexity index is 736. The number of aryl methyl sites for hydroxylation is 1. The maximum atomic E-state index is 12.7. The molecule has 1 aliphatic carbocycles. The molecule has 4 unspecified atom stereocenters. The van der Waals surface area contributed by atoms with E-state index in [1.165, 1.54) is 11.1 Å². The lowest BCUT2D eigenvalue weighted by Gasteiger charge is -2.32. The number of amides is 1. The molecule has 3 N–H and O–H groups in total. The van der Waals surface area contributed by atoms with Crippen LogP contribution in [0.25, 0.3) is 0 Å². The number of fused-ring (bicyclic) bond motifs is 1. The summed E-state index contributed by atoms with van der Waals surface area (Å²) in [6.45, 7) is 0.753. The number of carbonyl (C=O) groups excluding carboxylic acids is 1. The average molecular weight is 364 g/mol. The highest BCUT2D eigenvalue weighted by Gasteiger charge is 2.42. The molecule has 1 aromatic heterocycles. The predicted octanol–water partition coefficient (Wildman–Crippen LogP) is 2.76. The van der Waals surface area contributed by atoms with Crippen LogP contribution >= 0.6 is 0 Å². The molecule has 4 atom stereocenters. The molecule has 1 saturated heterocycles. The highest BCUT2D eigenvalue weighted by molar-refractivity contribution is 5.78. The minimum atomic E-state index is 0.119. The number of pyridine rings is 1. The summed E-state index contributed by atoms with van der Waals surface area (Å²) in [6.07, 6.45) is 8.60. The number of hydrogen-bond donors (Lipinski definition) is 3. The third kappa shape index (κ3) is 4.37. The molecule has 1 aliphatic heterocycles. The lowest BCUT2D eigenvalue weighted by Crippen LogP contribution is -2.40. The van der Waals surface area contributed by atoms with E-state index in [9.17, 15) is 4.79 Å². The van der Waals surface area contributed by atoms with Crippen molar-refractivity contribution in [2.75, 3.05) is 6.54 Å². The molecule has 2 aromatic rings. The van der Waals surface area contributed by atoms with Gasteiger partial charge >= 0.3 is 0 Å². The summed E-state index contributed by atoms with van der Waals surface area (Å²) in [5, 5.41) is 3.17. The molecular weight excluding hydrogens is 336 g/mol. The van der Waals surface area contributed by atoms with E-state index in [1.54, 1.807) is 0 Å². The molecule has 0 bridgehead atoms. The number of rotatable bonds is 6. The van der Waals surface area contributed by atoms with E-state index in [4.69, 9.17) is 0 Å². The summed E-state index contributed by atoms with van der Waals surface area (Å²) in [6, 6.07) is 15.3. The van der Waals surface area contributed by atoms with E-state index in [0.29, 0.717) is 12.0 Å². The molecular formula is C22H28N4O. The van der Waals surface area contributed by atoms with Crippen LogP contribution in [-0.4, -0.2) is 23.5 Å². The van der Waals surface area contributed by atoms with Gasteiger partial charge < -0.3 is 5.32 Å². The van der Waals surface area contributed by atoms with Gasteiger partial charge in [0, 0.05) is 30.9 Å². The first-order chi connectivity index (χ1) is 13.3. The van der Waals surface area contributed by atoms with Crippen molar-refractivity contribution in [3.8, 4) is 0 Å². The van der Waals surface area contributed by atoms with Gasteiger partial charge in [-0.05, 0) is 61.3 Å². The van der Waals surface area contributed by atoms with Crippen LogP contribution in [0.1, 0.15) is 42.9 Å². The second kappa shape index (κ2) is 8.63. The molecule has 1 amide bonds. The van der Waals surface area contributed by atoms with Gasteiger partial charge in [0.1, 0.15) is 0 Å². The summed E-state index contributed by atoms with van der Waals surface area (Å²) in [4.78, 5) is 16.8. The Hall–Kier alpha value is -2.24. The molecule has 5 nitrogen and oxygen atoms in total. The Labute approximate surface area is 160 Å². The average Bonchev–Trinajstić information content (AvgIpc) is 3.16. The lowest BCUT2D eigenvalue weighted by atomic mass is 9.74. The van der Waals surface area contributed by atoms with Crippen LogP contribution in [0.2, 0.25) is 0 Å². The molecule has 27 heavy (non-hydrogen) atoms. The third-order valence-electron chi connectivity index (χ3n) is 5.97. The highest BCUT2D eigenvalue weighted by Crippen LogP contribution is 2.40. The summed E-state index contributed by atoms with van der Waals surface area (Å²) >= 11 is 0. The minimum absolute atomic E-state index is 0.119. The zero-order chi connectivity index (χ0) is 18.5. The molecule has 2 fully saturated rings. The van der Waals surface area contributed by atoms with E-state index < -0.39 is 0 Å². The van der Waals surface area contributed by atoms with E-state index in [1.807, 2.05) is 18.5 Å². The molecule has 2 aliphatic rings. The van der Waals surface area contributed by atoms with E-state index >= 15 is 0 Å². The fourth-order valence-electron chi connectivity index (χ4n) is 4.49. The fraction of sp³-hybridized carbons (Fsp3) is 0.455. The molecule has 1 aromatic carbocycles. The van der Waals surface area contributed by atoms with Crippen molar-refractivity contribution >= 4 is 5.91 Å². The number of hydrazine groups is 1. The number of carbonyl (C=O) groups is 1. The maximum absolute atomic E-state index is 12.7. The van der Waals surface area contributed by atoms with Crippen LogP contribution in [0.5, 0.6) is 0 Å². The standard InChI is InChI=1S/C22H28N4O/c27-22(24-12-4-7-16-5-2-1-3-6-16)18-8-9-20-19(15-18)21(26-25-20)17-10-13-23-14-11-17/h1-3,5-6,10-11,13-14,18-21,25-26H,4,7-9,12,15H2,(H,24,27). The Morgan fingerprint density at radius 1 is 1.07 bits per heavy atom. The SMILES string of the molecule is O=C(NCCCc1ccccc1)C1CCC2NNC(c3ccncc3)C2C1. The highest BCUT2D eigenvalue weighted by atomic mass is 16.1. The van der Waals surface area contributed by atoms with Crippen molar-refractivity contribution in [1.82, 2.24) is 21.2 Å². The number of nitrogens with zero attached hydrogens (tertiary/aromatic N) is 1. The van der Waals surface area contributed by atoms with Crippen molar-refractivity contribution in [3.05, 3.63) is 66.0 Å². The summed E-state index contributed by atoms with van der Waals surface area (Å²) < 4.78 is 0. The molecule has 142 valence electrons. The third-order valence-corrected chi connectivity index (χ3v) is 5.97. The van der Waals surface area contributed by atoms with Gasteiger partial charge in [-0.15, -0.1) is 0 Å². The number of benzene rings is 1. The van der Waals surface area contributed by atoms with Gasteiger partial charge in [-0.1, -0.05) is 30.3 Å². The van der Waals surface area contributed by atoms with E-state index in [2.05, 4.69) is 57.6 Å². The molecule has 1 saturated carbocycles. The Morgan fingerprint density at radius 2 is 1.89 bits per heavy atom. The van der Waals surface area contributed by atoms with Crippen molar-refractivity contribution in [1.29, 1.82) is 0 Å². The summed E-state index contributed by atoms with van der Waals surface area (Å²) in [5.41, 5.74) is 9.44. The van der Waals surface area contributed by atoms with Crippen LogP contribution in [-0.2, 0) is 11.2 Å². The molecule has 4 rings (SSSR count). The van der Waals surface area contributed by atoms with Gasteiger partial charge in [0.2, 0.25) is 5.91 Å². The van der Waals surface area contributed by atoms with Crippen LogP contribution in [0.15, 0.2) is 54.9 Å². The zero-order valence-electron chi connectivity index (χ0n) is 15.6. The smallest absolute Gasteiger partial charge is 0.223 e. The largest absolute Gasteiger partial charge is 0.356 e. The van der Waals surface area contributed by atoms with Gasteiger partial charge in [-0.3, -0.25) is 15.2 Å². The van der Waals surface area contributed by atoms with Gasteiger partial charge in [0.05, 0.1) is 6.04 Å². The quantitative estimate of drug-likeness (QED) is 0.690. The maximum Gasteiger partial charge on any atom is 0.223 e. The minimum Gasteiger partial charge on any atom is -0.356 e. The van der Waals surface area contributed by atoms with Crippen molar-refractivity contribution in [3.63, 3.8) is 0 Å². The predicted molar refractivity (Wildman–Crippen MR) is 106 cm³/mol. The second-order valence-corrected chi connectivity index (χ2v) is 7.71. The fourth-order valence-corrected chi connectivity index (χ4v) is 4.49. The van der Waals surface area contributed by atoms with Crippen molar-refractivity contribution < 1.29 is 4.79 Å². The van der Waals surface area contributed by atoms with Crippen LogP contribution in [0.4, 0.5) is 0 Å². The first kappa shape index (κ1) is 18.1. The van der Waals surface area contributed by atoms with Crippen LogP contribution in [0, 0.1) is 11.8 Å². The van der Waals surface area contributed by atoms with Gasteiger partial charge in [0.15, 0.2) is 0 Å². The van der Waals surface area contributed by atoms with Crippen molar-refractivity contribution in [2.24, 2.45) is 11.8 Å². The zero-order valence-corrected chi connectivity index (χ0v) is 15.6. The molecule has 0 radical (unpaired) electrons. The van der Waals surface area contributed by atoms with Crippen molar-refractivity contribution in [2.45, 2.75) is 44.2 Å². The summed E-state index contributed by atoms with van der Waals surface area (Å²) in [5.74, 6) is 0.789. The molecule has 5 heteroatoms. The Balaban J connectivity index is 1.27. The van der Waals surface area contributed by atoms with Gasteiger partial charge in [-0.2, -0.15) is 0 Å². The monoisotopic (exact) mass is 364 g/mol. The lowest BCUT2D eigenvalue weighted by molar-refractivity contribution is -0.126. The Kier molecular flexibility index (Phi) is 5.80. The van der Waals surface area contributed by atoms with E-state index in [0.717, 1.165) is 38.6 Å². The van der Waals surface area contributed by atoms with E-state index in [-0.39, 0.29) is 17.9 Å². The molecule has 2 heterocycles. The number of hydrogen-bond acceptors (Lipinski definition) is 4. The van der Waals surface area contributed by atoms with Gasteiger partial charge in [0.25, 0.3) is 0 Å². The normalized spacial score (nSPS) is 27.1. The molecule has 0 spiro atoms. The first-order valence-corrected chi connectivity index (χ1v) is 10.0. The van der Waals surface area contributed by atoms with Crippen LogP contribution in [0.3, 0.4) is 0 Å². The summed E-state index contributed by atoms with van der Waals surface area (Å²) in [7, 11) is 0. The van der Waals surface area contributed by atoms with Gasteiger partial charge in [-0.25, -0.2) is 5.43 Å². The first-order valence-electron chi connectivity index (χ1n) is 10.0. The number of aromatic nitrogens is 1. The Morgan fingerprint density at radius 3 is 2.70 bits per heavy atom. The second-order valence-electron chi connectivity index (χ2n) is 7.71. The topological polar surface area (TPSA) is 66.1 Å². The van der Waals surface area contributed by atoms with Crippen LogP contribution < -0.4 is 16.2 Å². The number of nitrogens with one attached hydrogen (secondary N) is 3.